The van der Waals surface area contributed by atoms with Gasteiger partial charge in [-0.15, -0.1) is 0 Å². The van der Waals surface area contributed by atoms with Crippen LogP contribution in [0, 0.1) is 0 Å². The van der Waals surface area contributed by atoms with Gasteiger partial charge < -0.3 is 0 Å². The first-order valence-corrected chi connectivity index (χ1v) is 15.0. The topological polar surface area (TPSA) is 56.0 Å². The molecule has 4 aromatic carbocycles. The molecule has 0 spiro atoms. The normalized spacial score (nSPS) is 11.6. The number of hydrogen-bond donors (Lipinski definition) is 0. The molecule has 0 bridgehead atoms. The van der Waals surface area contributed by atoms with Crippen LogP contribution in [0.15, 0.2) is 152 Å². The molecule has 9 aromatic rings. The zero-order chi connectivity index (χ0) is 29.7. The van der Waals surface area contributed by atoms with Crippen molar-refractivity contribution >= 4 is 38.2 Å². The van der Waals surface area contributed by atoms with Crippen LogP contribution in [0.4, 0.5) is 0 Å². The van der Waals surface area contributed by atoms with Gasteiger partial charge in [-0.05, 0) is 41.8 Å². The van der Waals surface area contributed by atoms with Crippen LogP contribution in [0.25, 0.3) is 83.4 Å². The SMILES string of the molecule is c1ccc(-c2ccc3ccc4ccc(-c5cccc(-c6c(-c7ccccn7)nc7c8ccccc8ccn67)c5)nc4c3n2)cc1. The van der Waals surface area contributed by atoms with Gasteiger partial charge in [0, 0.05) is 45.2 Å². The minimum absolute atomic E-state index is 0.835. The molecule has 0 aliphatic carbocycles. The molecule has 5 nitrogen and oxygen atoms in total. The van der Waals surface area contributed by atoms with Crippen molar-refractivity contribution in [3.05, 3.63) is 152 Å². The Hall–Kier alpha value is -6.20. The maximum Gasteiger partial charge on any atom is 0.145 e. The van der Waals surface area contributed by atoms with E-state index in [1.807, 2.05) is 42.6 Å². The van der Waals surface area contributed by atoms with E-state index in [-0.39, 0.29) is 0 Å². The van der Waals surface area contributed by atoms with E-state index in [1.165, 1.54) is 0 Å². The van der Waals surface area contributed by atoms with Gasteiger partial charge in [-0.1, -0.05) is 103 Å². The van der Waals surface area contributed by atoms with Crippen LogP contribution < -0.4 is 0 Å². The number of aromatic nitrogens is 5. The molecule has 0 N–H and O–H groups in total. The van der Waals surface area contributed by atoms with Gasteiger partial charge in [-0.3, -0.25) is 9.38 Å². The Morgan fingerprint density at radius 2 is 1.11 bits per heavy atom. The summed E-state index contributed by atoms with van der Waals surface area (Å²) in [6.07, 6.45) is 3.92. The van der Waals surface area contributed by atoms with Gasteiger partial charge in [0.05, 0.1) is 33.8 Å². The van der Waals surface area contributed by atoms with Crippen molar-refractivity contribution in [3.8, 4) is 45.2 Å². The summed E-state index contributed by atoms with van der Waals surface area (Å²) >= 11 is 0. The molecule has 210 valence electrons. The number of rotatable bonds is 4. The molecule has 45 heavy (non-hydrogen) atoms. The first-order valence-electron chi connectivity index (χ1n) is 15.0. The Kier molecular flexibility index (Phi) is 5.74. The van der Waals surface area contributed by atoms with E-state index in [9.17, 15) is 0 Å². The van der Waals surface area contributed by atoms with Crippen LogP contribution >= 0.6 is 0 Å². The van der Waals surface area contributed by atoms with Gasteiger partial charge in [0.1, 0.15) is 11.3 Å². The molecule has 5 heterocycles. The predicted octanol–water partition coefficient (Wildman–Crippen LogP) is 9.65. The standard InChI is InChI=1S/C40H25N5/c1-2-10-27(11-3-1)33-20-18-28-16-17-29-19-21-34(43-37(29)36(28)42-33)30-12-8-13-31(25-30)39-38(35-15-6-7-23-41-35)44-40-32-14-5-4-9-26(32)22-24-45(39)40/h1-25H. The molecule has 0 fully saturated rings. The minimum atomic E-state index is 0.835. The summed E-state index contributed by atoms with van der Waals surface area (Å²) in [7, 11) is 0. The Bertz CT molecular complexity index is 2540. The van der Waals surface area contributed by atoms with E-state index in [4.69, 9.17) is 15.0 Å². The average Bonchev–Trinajstić information content (AvgIpc) is 3.52. The lowest BCUT2D eigenvalue weighted by atomic mass is 10.0. The average molecular weight is 576 g/mol. The molecule has 0 aliphatic rings. The van der Waals surface area contributed by atoms with Crippen molar-refractivity contribution in [2.45, 2.75) is 0 Å². The van der Waals surface area contributed by atoms with E-state index in [1.54, 1.807) is 0 Å². The molecule has 0 amide bonds. The number of imidazole rings is 1. The first-order chi connectivity index (χ1) is 22.3. The fourth-order valence-corrected chi connectivity index (χ4v) is 6.25. The zero-order valence-corrected chi connectivity index (χ0v) is 24.2. The minimum Gasteiger partial charge on any atom is -0.298 e. The van der Waals surface area contributed by atoms with Gasteiger partial charge >= 0.3 is 0 Å². The summed E-state index contributed by atoms with van der Waals surface area (Å²) in [5.41, 5.74) is 10.4. The van der Waals surface area contributed by atoms with E-state index in [0.29, 0.717) is 0 Å². The second-order valence-electron chi connectivity index (χ2n) is 11.2. The molecular weight excluding hydrogens is 550 g/mol. The predicted molar refractivity (Wildman–Crippen MR) is 183 cm³/mol. The van der Waals surface area contributed by atoms with Gasteiger partial charge in [-0.25, -0.2) is 15.0 Å². The maximum atomic E-state index is 5.22. The van der Waals surface area contributed by atoms with E-state index in [0.717, 1.165) is 83.4 Å². The van der Waals surface area contributed by atoms with Gasteiger partial charge in [0.15, 0.2) is 0 Å². The summed E-state index contributed by atoms with van der Waals surface area (Å²) in [6.45, 7) is 0. The molecule has 0 saturated carbocycles. The molecule has 5 aromatic heterocycles. The smallest absolute Gasteiger partial charge is 0.145 e. The molecule has 0 saturated heterocycles. The second kappa shape index (κ2) is 10.2. The van der Waals surface area contributed by atoms with Crippen molar-refractivity contribution in [1.29, 1.82) is 0 Å². The molecular formula is C40H25N5. The Morgan fingerprint density at radius 3 is 1.89 bits per heavy atom. The molecule has 0 atom stereocenters. The van der Waals surface area contributed by atoms with E-state index >= 15 is 0 Å². The second-order valence-corrected chi connectivity index (χ2v) is 11.2. The highest BCUT2D eigenvalue weighted by atomic mass is 15.0. The Labute approximate surface area is 259 Å². The number of hydrogen-bond acceptors (Lipinski definition) is 4. The number of benzene rings is 4. The monoisotopic (exact) mass is 575 g/mol. The molecule has 9 rings (SSSR count). The van der Waals surface area contributed by atoms with Crippen LogP contribution in [0.5, 0.6) is 0 Å². The molecule has 5 heteroatoms. The van der Waals surface area contributed by atoms with Gasteiger partial charge in [0.2, 0.25) is 0 Å². The summed E-state index contributed by atoms with van der Waals surface area (Å²) in [5.74, 6) is 0. The maximum absolute atomic E-state index is 5.22. The summed E-state index contributed by atoms with van der Waals surface area (Å²) in [6, 6.07) is 48.0. The van der Waals surface area contributed by atoms with Crippen LogP contribution in [0.1, 0.15) is 0 Å². The van der Waals surface area contributed by atoms with E-state index in [2.05, 4.69) is 119 Å². The Morgan fingerprint density at radius 1 is 0.444 bits per heavy atom. The van der Waals surface area contributed by atoms with Crippen molar-refractivity contribution in [1.82, 2.24) is 24.3 Å². The fraction of sp³-hybridized carbons (Fsp3) is 0. The van der Waals surface area contributed by atoms with Crippen molar-refractivity contribution in [2.24, 2.45) is 0 Å². The number of nitrogens with zero attached hydrogens (tertiary/aromatic N) is 5. The van der Waals surface area contributed by atoms with Crippen molar-refractivity contribution in [2.75, 3.05) is 0 Å². The van der Waals surface area contributed by atoms with Crippen LogP contribution in [0.3, 0.4) is 0 Å². The number of pyridine rings is 4. The summed E-state index contributed by atoms with van der Waals surface area (Å²) in [4.78, 5) is 20.2. The first kappa shape index (κ1) is 25.3. The summed E-state index contributed by atoms with van der Waals surface area (Å²) < 4.78 is 2.18. The van der Waals surface area contributed by atoms with Gasteiger partial charge in [0.25, 0.3) is 0 Å². The lowest BCUT2D eigenvalue weighted by Gasteiger charge is -2.10. The van der Waals surface area contributed by atoms with Crippen molar-refractivity contribution < 1.29 is 0 Å². The van der Waals surface area contributed by atoms with Crippen LogP contribution in [-0.2, 0) is 0 Å². The Balaban J connectivity index is 1.23. The quantitative estimate of drug-likeness (QED) is 0.196. The highest BCUT2D eigenvalue weighted by Gasteiger charge is 2.19. The highest BCUT2D eigenvalue weighted by Crippen LogP contribution is 2.36. The van der Waals surface area contributed by atoms with Gasteiger partial charge in [-0.2, -0.15) is 0 Å². The fourth-order valence-electron chi connectivity index (χ4n) is 6.25. The summed E-state index contributed by atoms with van der Waals surface area (Å²) in [5, 5.41) is 4.38. The lowest BCUT2D eigenvalue weighted by molar-refractivity contribution is 1.21. The highest BCUT2D eigenvalue weighted by molar-refractivity contribution is 6.04. The van der Waals surface area contributed by atoms with Crippen LogP contribution in [0.2, 0.25) is 0 Å². The number of fused-ring (bicyclic) bond motifs is 6. The molecule has 0 aliphatic heterocycles. The zero-order valence-electron chi connectivity index (χ0n) is 24.2. The van der Waals surface area contributed by atoms with E-state index < -0.39 is 0 Å². The third kappa shape index (κ3) is 4.25. The largest absolute Gasteiger partial charge is 0.298 e. The van der Waals surface area contributed by atoms with Crippen LogP contribution in [-0.4, -0.2) is 24.3 Å². The third-order valence-electron chi connectivity index (χ3n) is 8.44. The molecule has 0 radical (unpaired) electrons. The lowest BCUT2D eigenvalue weighted by Crippen LogP contribution is -1.93. The third-order valence-corrected chi connectivity index (χ3v) is 8.44. The molecule has 0 unspecified atom stereocenters. The van der Waals surface area contributed by atoms with Crippen molar-refractivity contribution in [3.63, 3.8) is 0 Å².